The van der Waals surface area contributed by atoms with Crippen LogP contribution < -0.4 is 19.8 Å². The summed E-state index contributed by atoms with van der Waals surface area (Å²) >= 11 is 1.59. The van der Waals surface area contributed by atoms with E-state index in [-0.39, 0.29) is 18.5 Å². The van der Waals surface area contributed by atoms with Crippen LogP contribution in [0, 0.1) is 0 Å². The highest BCUT2D eigenvalue weighted by molar-refractivity contribution is 7.99. The molecule has 0 saturated carbocycles. The van der Waals surface area contributed by atoms with Crippen molar-refractivity contribution < 1.29 is 14.2 Å². The molecule has 2 aliphatic rings. The van der Waals surface area contributed by atoms with E-state index in [9.17, 15) is 4.79 Å². The molecule has 2 aliphatic heterocycles. The average Bonchev–Trinajstić information content (AvgIpc) is 3.59. The highest BCUT2D eigenvalue weighted by atomic mass is 32.2. The molecule has 0 aliphatic carbocycles. The molecule has 4 aromatic rings. The van der Waals surface area contributed by atoms with Crippen molar-refractivity contribution in [2.24, 2.45) is 0 Å². The maximum atomic E-state index is 13.2. The number of pyridine rings is 1. The molecule has 2 aromatic heterocycles. The molecular weight excluding hydrogens is 440 g/mol. The van der Waals surface area contributed by atoms with E-state index in [0.717, 1.165) is 38.9 Å². The lowest BCUT2D eigenvalue weighted by Crippen LogP contribution is -2.29. The molecule has 0 unspecified atom stereocenters. The van der Waals surface area contributed by atoms with Gasteiger partial charge in [-0.15, -0.1) is 16.9 Å². The zero-order valence-corrected chi connectivity index (χ0v) is 18.6. The first-order chi connectivity index (χ1) is 16.2. The number of hydrogen-bond donors (Lipinski definition) is 0. The molecule has 0 spiro atoms. The predicted molar refractivity (Wildman–Crippen MR) is 123 cm³/mol. The van der Waals surface area contributed by atoms with Crippen LogP contribution in [0.1, 0.15) is 17.3 Å². The monoisotopic (exact) mass is 460 g/mol. The first kappa shape index (κ1) is 19.9. The predicted octanol–water partition coefficient (Wildman–Crippen LogP) is 3.59. The second kappa shape index (κ2) is 8.00. The lowest BCUT2D eigenvalue weighted by molar-refractivity contribution is 0.174. The standard InChI is InChI=1S/C24H20N4O4S/c1-30-23-17(9-15-7-8-19-20(10-15)32-14-31-19)11-22(29)28-21(13-33-24(23)28)27-12-18(25-26-27)16-5-3-2-4-6-16/h2-8,10-12,21H,9,13-14H2,1H3/t21-/m0/s1. The number of fused-ring (bicyclic) bond motifs is 2. The van der Waals surface area contributed by atoms with E-state index in [1.54, 1.807) is 34.2 Å². The molecule has 0 saturated heterocycles. The molecule has 0 bridgehead atoms. The summed E-state index contributed by atoms with van der Waals surface area (Å²) < 4.78 is 20.2. The third kappa shape index (κ3) is 3.45. The van der Waals surface area contributed by atoms with Crippen LogP contribution in [0.4, 0.5) is 0 Å². The van der Waals surface area contributed by atoms with E-state index in [1.165, 1.54) is 0 Å². The van der Waals surface area contributed by atoms with E-state index >= 15 is 0 Å². The summed E-state index contributed by atoms with van der Waals surface area (Å²) in [6, 6.07) is 17.3. The largest absolute Gasteiger partial charge is 0.494 e. The van der Waals surface area contributed by atoms with Crippen LogP contribution in [-0.4, -0.2) is 39.2 Å². The summed E-state index contributed by atoms with van der Waals surface area (Å²) in [5.74, 6) is 2.83. The van der Waals surface area contributed by atoms with Gasteiger partial charge in [-0.25, -0.2) is 4.68 Å². The molecule has 4 heterocycles. The Morgan fingerprint density at radius 3 is 2.82 bits per heavy atom. The minimum Gasteiger partial charge on any atom is -0.494 e. The Balaban J connectivity index is 1.35. The van der Waals surface area contributed by atoms with Crippen molar-refractivity contribution in [3.05, 3.63) is 82.3 Å². The van der Waals surface area contributed by atoms with Gasteiger partial charge in [0.25, 0.3) is 5.56 Å². The minimum atomic E-state index is -0.268. The van der Waals surface area contributed by atoms with Gasteiger partial charge in [0.15, 0.2) is 17.2 Å². The molecule has 6 rings (SSSR count). The van der Waals surface area contributed by atoms with Crippen molar-refractivity contribution in [1.82, 2.24) is 19.6 Å². The van der Waals surface area contributed by atoms with Crippen molar-refractivity contribution in [1.29, 1.82) is 0 Å². The highest BCUT2D eigenvalue weighted by Gasteiger charge is 2.31. The lowest BCUT2D eigenvalue weighted by Gasteiger charge is -2.17. The molecule has 0 fully saturated rings. The van der Waals surface area contributed by atoms with Gasteiger partial charge in [0.2, 0.25) is 6.79 Å². The molecule has 166 valence electrons. The number of aromatic nitrogens is 4. The Morgan fingerprint density at radius 1 is 1.12 bits per heavy atom. The van der Waals surface area contributed by atoms with Crippen LogP contribution in [0.25, 0.3) is 11.3 Å². The molecule has 1 atom stereocenters. The number of benzene rings is 2. The Labute approximate surface area is 193 Å². The van der Waals surface area contributed by atoms with Gasteiger partial charge in [-0.3, -0.25) is 9.36 Å². The van der Waals surface area contributed by atoms with Crippen LogP contribution in [0.3, 0.4) is 0 Å². The van der Waals surface area contributed by atoms with Gasteiger partial charge in [0, 0.05) is 29.4 Å². The third-order valence-corrected chi connectivity index (χ3v) is 6.95. The van der Waals surface area contributed by atoms with Crippen LogP contribution in [0.2, 0.25) is 0 Å². The second-order valence-corrected chi connectivity index (χ2v) is 8.83. The Morgan fingerprint density at radius 2 is 1.97 bits per heavy atom. The fraction of sp³-hybridized carbons (Fsp3) is 0.208. The molecule has 2 aromatic carbocycles. The molecule has 33 heavy (non-hydrogen) atoms. The number of nitrogens with zero attached hydrogens (tertiary/aromatic N) is 4. The van der Waals surface area contributed by atoms with Crippen molar-refractivity contribution in [2.75, 3.05) is 19.7 Å². The zero-order valence-electron chi connectivity index (χ0n) is 17.8. The SMILES string of the molecule is COc1c(Cc2ccc3c(c2)OCO3)cc(=O)n2c1SC[C@H]2n1cc(-c2ccccc2)nn1. The minimum absolute atomic E-state index is 0.0895. The summed E-state index contributed by atoms with van der Waals surface area (Å²) in [5.41, 5.74) is 3.52. The van der Waals surface area contributed by atoms with Gasteiger partial charge in [0.05, 0.1) is 13.3 Å². The number of rotatable bonds is 5. The summed E-state index contributed by atoms with van der Waals surface area (Å²) in [4.78, 5) is 13.2. The molecule has 8 nitrogen and oxygen atoms in total. The number of hydrogen-bond acceptors (Lipinski definition) is 7. The molecule has 0 amide bonds. The normalized spacial score (nSPS) is 16.1. The quantitative estimate of drug-likeness (QED) is 0.450. The first-order valence-corrected chi connectivity index (χ1v) is 11.5. The number of ether oxygens (including phenoxy) is 3. The second-order valence-electron chi connectivity index (χ2n) is 7.82. The number of methoxy groups -OCH3 is 1. The van der Waals surface area contributed by atoms with Gasteiger partial charge >= 0.3 is 0 Å². The summed E-state index contributed by atoms with van der Waals surface area (Å²) in [6.45, 7) is 0.231. The first-order valence-electron chi connectivity index (χ1n) is 10.5. The molecular formula is C24H20N4O4S. The van der Waals surface area contributed by atoms with E-state index < -0.39 is 0 Å². The van der Waals surface area contributed by atoms with Crippen molar-refractivity contribution in [2.45, 2.75) is 17.6 Å². The van der Waals surface area contributed by atoms with Gasteiger partial charge in [-0.05, 0) is 17.7 Å². The topological polar surface area (TPSA) is 80.4 Å². The smallest absolute Gasteiger partial charge is 0.253 e. The van der Waals surface area contributed by atoms with Crippen LogP contribution >= 0.6 is 11.8 Å². The van der Waals surface area contributed by atoms with Crippen LogP contribution in [-0.2, 0) is 6.42 Å². The number of thioether (sulfide) groups is 1. The average molecular weight is 461 g/mol. The van der Waals surface area contributed by atoms with Crippen molar-refractivity contribution >= 4 is 11.8 Å². The maximum Gasteiger partial charge on any atom is 0.253 e. The summed E-state index contributed by atoms with van der Waals surface area (Å²) in [6.07, 6.45) is 2.17. The third-order valence-electron chi connectivity index (χ3n) is 5.83. The van der Waals surface area contributed by atoms with Crippen LogP contribution in [0.15, 0.2) is 70.6 Å². The fourth-order valence-electron chi connectivity index (χ4n) is 4.26. The summed E-state index contributed by atoms with van der Waals surface area (Å²) in [5, 5.41) is 9.44. The van der Waals surface area contributed by atoms with E-state index in [2.05, 4.69) is 10.3 Å². The molecule has 0 radical (unpaired) electrons. The van der Waals surface area contributed by atoms with Crippen molar-refractivity contribution in [3.8, 4) is 28.5 Å². The van der Waals surface area contributed by atoms with E-state index in [1.807, 2.05) is 54.7 Å². The summed E-state index contributed by atoms with van der Waals surface area (Å²) in [7, 11) is 1.64. The Bertz CT molecular complexity index is 1400. The fourth-order valence-corrected chi connectivity index (χ4v) is 5.56. The van der Waals surface area contributed by atoms with Crippen LogP contribution in [0.5, 0.6) is 17.2 Å². The molecule has 0 N–H and O–H groups in total. The maximum absolute atomic E-state index is 13.2. The van der Waals surface area contributed by atoms with E-state index in [4.69, 9.17) is 14.2 Å². The Hall–Kier alpha value is -3.72. The van der Waals surface area contributed by atoms with Gasteiger partial charge < -0.3 is 14.2 Å². The van der Waals surface area contributed by atoms with Crippen molar-refractivity contribution in [3.63, 3.8) is 0 Å². The van der Waals surface area contributed by atoms with Gasteiger partial charge in [-0.2, -0.15) is 0 Å². The highest BCUT2D eigenvalue weighted by Crippen LogP contribution is 2.41. The Kier molecular flexibility index (Phi) is 4.83. The molecule has 9 heteroatoms. The van der Waals surface area contributed by atoms with E-state index in [0.29, 0.717) is 17.9 Å². The van der Waals surface area contributed by atoms with Gasteiger partial charge in [0.1, 0.15) is 16.9 Å². The van der Waals surface area contributed by atoms with Gasteiger partial charge in [-0.1, -0.05) is 41.6 Å². The zero-order chi connectivity index (χ0) is 22.4. The lowest BCUT2D eigenvalue weighted by atomic mass is 10.0.